The number of hydrogen-bond acceptors (Lipinski definition) is 3. The fourth-order valence-electron chi connectivity index (χ4n) is 2.68. The Balaban J connectivity index is 1.73. The molecule has 104 valence electrons. The van der Waals surface area contributed by atoms with Crippen molar-refractivity contribution in [1.29, 1.82) is 0 Å². The van der Waals surface area contributed by atoms with Crippen LogP contribution in [0, 0.1) is 0 Å². The van der Waals surface area contributed by atoms with Crippen LogP contribution < -0.4 is 0 Å². The van der Waals surface area contributed by atoms with E-state index in [9.17, 15) is 5.11 Å². The molecule has 3 heteroatoms. The second kappa shape index (κ2) is 6.18. The van der Waals surface area contributed by atoms with Crippen LogP contribution in [0.4, 0.5) is 0 Å². The molecule has 0 bridgehead atoms. The van der Waals surface area contributed by atoms with Crippen LogP contribution in [-0.2, 0) is 4.84 Å². The number of hydroxylamine groups is 2. The zero-order valence-corrected chi connectivity index (χ0v) is 11.4. The van der Waals surface area contributed by atoms with E-state index < -0.39 is 0 Å². The Labute approximate surface area is 119 Å². The lowest BCUT2D eigenvalue weighted by Gasteiger charge is -2.25. The molecule has 2 aromatic carbocycles. The maximum absolute atomic E-state index is 9.68. The highest BCUT2D eigenvalue weighted by molar-refractivity contribution is 5.20. The highest BCUT2D eigenvalue weighted by Gasteiger charge is 2.30. The summed E-state index contributed by atoms with van der Waals surface area (Å²) in [5.41, 5.74) is 2.28. The first-order valence-corrected chi connectivity index (χ1v) is 7.02. The van der Waals surface area contributed by atoms with Gasteiger partial charge in [0.2, 0.25) is 0 Å². The molecule has 0 aliphatic carbocycles. The third-order valence-corrected chi connectivity index (χ3v) is 3.75. The van der Waals surface area contributed by atoms with Gasteiger partial charge in [-0.3, -0.25) is 4.84 Å². The number of hydrogen-bond donors (Lipinski definition) is 1. The molecule has 1 saturated heterocycles. The van der Waals surface area contributed by atoms with Crippen molar-refractivity contribution >= 4 is 0 Å². The molecule has 0 amide bonds. The van der Waals surface area contributed by atoms with Crippen LogP contribution in [0.2, 0.25) is 0 Å². The van der Waals surface area contributed by atoms with E-state index in [0.717, 1.165) is 18.5 Å². The van der Waals surface area contributed by atoms with Crippen molar-refractivity contribution in [2.24, 2.45) is 0 Å². The van der Waals surface area contributed by atoms with Gasteiger partial charge in [0.25, 0.3) is 0 Å². The summed E-state index contributed by atoms with van der Waals surface area (Å²) in [6.07, 6.45) is 1.04. The molecule has 0 aromatic heterocycles. The molecule has 3 rings (SSSR count). The predicted molar refractivity (Wildman–Crippen MR) is 77.9 cm³/mol. The van der Waals surface area contributed by atoms with E-state index in [-0.39, 0.29) is 18.8 Å². The molecule has 1 aliphatic rings. The summed E-state index contributed by atoms with van der Waals surface area (Å²) >= 11 is 0. The third kappa shape index (κ3) is 2.75. The van der Waals surface area contributed by atoms with Gasteiger partial charge < -0.3 is 5.11 Å². The van der Waals surface area contributed by atoms with E-state index in [0.29, 0.717) is 0 Å². The Hall–Kier alpha value is -1.68. The van der Waals surface area contributed by atoms with Crippen molar-refractivity contribution in [2.75, 3.05) is 13.2 Å². The molecule has 3 nitrogen and oxygen atoms in total. The molecule has 20 heavy (non-hydrogen) atoms. The fourth-order valence-corrected chi connectivity index (χ4v) is 2.68. The van der Waals surface area contributed by atoms with Gasteiger partial charge in [-0.1, -0.05) is 60.7 Å². The Morgan fingerprint density at radius 1 is 1.05 bits per heavy atom. The molecular weight excluding hydrogens is 250 g/mol. The summed E-state index contributed by atoms with van der Waals surface area (Å²) in [5.74, 6) is 0. The van der Waals surface area contributed by atoms with Gasteiger partial charge in [0, 0.05) is 6.54 Å². The summed E-state index contributed by atoms with van der Waals surface area (Å²) in [6.45, 7) is 0.894. The van der Waals surface area contributed by atoms with E-state index in [1.165, 1.54) is 5.56 Å². The Morgan fingerprint density at radius 3 is 2.35 bits per heavy atom. The van der Waals surface area contributed by atoms with Crippen molar-refractivity contribution in [2.45, 2.75) is 18.6 Å². The highest BCUT2D eigenvalue weighted by atomic mass is 16.7. The first-order chi connectivity index (χ1) is 9.88. The third-order valence-electron chi connectivity index (χ3n) is 3.75. The first kappa shape index (κ1) is 13.3. The SMILES string of the molecule is OC[C@@H](c1ccccc1)N1CC[C@@H](c2ccccc2)O1. The smallest absolute Gasteiger partial charge is 0.106 e. The molecule has 2 aromatic rings. The maximum atomic E-state index is 9.68. The average Bonchev–Trinajstić information content (AvgIpc) is 3.00. The van der Waals surface area contributed by atoms with Crippen LogP contribution in [0.25, 0.3) is 0 Å². The van der Waals surface area contributed by atoms with Crippen molar-refractivity contribution < 1.29 is 9.94 Å². The van der Waals surface area contributed by atoms with Gasteiger partial charge in [-0.25, -0.2) is 0 Å². The maximum Gasteiger partial charge on any atom is 0.106 e. The molecule has 0 spiro atoms. The van der Waals surface area contributed by atoms with E-state index in [1.54, 1.807) is 0 Å². The summed E-state index contributed by atoms with van der Waals surface area (Å²) in [7, 11) is 0. The van der Waals surface area contributed by atoms with Gasteiger partial charge in [-0.05, 0) is 17.5 Å². The van der Waals surface area contributed by atoms with Crippen molar-refractivity contribution in [3.63, 3.8) is 0 Å². The van der Waals surface area contributed by atoms with Gasteiger partial charge in [0.15, 0.2) is 0 Å². The first-order valence-electron chi connectivity index (χ1n) is 7.02. The number of benzene rings is 2. The Kier molecular flexibility index (Phi) is 4.11. The Bertz CT molecular complexity index is 529. The standard InChI is InChI=1S/C17H19NO2/c19-13-16(14-7-3-1-4-8-14)18-12-11-17(20-18)15-9-5-2-6-10-15/h1-10,16-17,19H,11-13H2/t16-,17-/m0/s1. The van der Waals surface area contributed by atoms with Crippen LogP contribution in [0.5, 0.6) is 0 Å². The molecule has 0 unspecified atom stereocenters. The highest BCUT2D eigenvalue weighted by Crippen LogP contribution is 2.34. The number of aliphatic hydroxyl groups excluding tert-OH is 1. The minimum Gasteiger partial charge on any atom is -0.394 e. The molecule has 1 N–H and O–H groups in total. The monoisotopic (exact) mass is 269 g/mol. The fraction of sp³-hybridized carbons (Fsp3) is 0.294. The summed E-state index contributed by atoms with van der Waals surface area (Å²) in [6, 6.07) is 20.2. The quantitative estimate of drug-likeness (QED) is 0.925. The van der Waals surface area contributed by atoms with Crippen molar-refractivity contribution in [1.82, 2.24) is 5.06 Å². The lowest BCUT2D eigenvalue weighted by Crippen LogP contribution is -2.27. The lowest BCUT2D eigenvalue weighted by atomic mass is 10.1. The second-order valence-corrected chi connectivity index (χ2v) is 5.04. The van der Waals surface area contributed by atoms with E-state index in [4.69, 9.17) is 4.84 Å². The molecule has 0 radical (unpaired) electrons. The zero-order chi connectivity index (χ0) is 13.8. The summed E-state index contributed by atoms with van der Waals surface area (Å²) in [5, 5.41) is 11.6. The largest absolute Gasteiger partial charge is 0.394 e. The van der Waals surface area contributed by atoms with Crippen LogP contribution in [0.1, 0.15) is 29.7 Å². The van der Waals surface area contributed by atoms with Crippen LogP contribution in [0.3, 0.4) is 0 Å². The van der Waals surface area contributed by atoms with Gasteiger partial charge in [0.1, 0.15) is 6.10 Å². The van der Waals surface area contributed by atoms with E-state index >= 15 is 0 Å². The van der Waals surface area contributed by atoms with E-state index in [2.05, 4.69) is 12.1 Å². The molecule has 1 fully saturated rings. The molecule has 1 heterocycles. The number of aliphatic hydroxyl groups is 1. The van der Waals surface area contributed by atoms with E-state index in [1.807, 2.05) is 53.6 Å². The minimum atomic E-state index is -0.0927. The van der Waals surface area contributed by atoms with Crippen molar-refractivity contribution in [3.8, 4) is 0 Å². The molecular formula is C17H19NO2. The number of rotatable bonds is 4. The van der Waals surface area contributed by atoms with Crippen LogP contribution in [-0.4, -0.2) is 23.3 Å². The second-order valence-electron chi connectivity index (χ2n) is 5.04. The normalized spacial score (nSPS) is 20.9. The Morgan fingerprint density at radius 2 is 1.70 bits per heavy atom. The molecule has 0 saturated carbocycles. The lowest BCUT2D eigenvalue weighted by molar-refractivity contribution is -0.183. The summed E-state index contributed by atoms with van der Waals surface area (Å²) in [4.78, 5) is 6.03. The van der Waals surface area contributed by atoms with Gasteiger partial charge >= 0.3 is 0 Å². The van der Waals surface area contributed by atoms with Crippen LogP contribution >= 0.6 is 0 Å². The van der Waals surface area contributed by atoms with Crippen LogP contribution in [0.15, 0.2) is 60.7 Å². The topological polar surface area (TPSA) is 32.7 Å². The average molecular weight is 269 g/mol. The predicted octanol–water partition coefficient (Wildman–Crippen LogP) is 3.10. The zero-order valence-electron chi connectivity index (χ0n) is 11.4. The van der Waals surface area contributed by atoms with Gasteiger partial charge in [-0.15, -0.1) is 0 Å². The minimum absolute atomic E-state index is 0.0610. The van der Waals surface area contributed by atoms with Gasteiger partial charge in [-0.2, -0.15) is 5.06 Å². The molecule has 2 atom stereocenters. The van der Waals surface area contributed by atoms with Gasteiger partial charge in [0.05, 0.1) is 12.6 Å². The molecule has 1 aliphatic heterocycles. The number of nitrogens with zero attached hydrogens (tertiary/aromatic N) is 1. The summed E-state index contributed by atoms with van der Waals surface area (Å²) < 4.78 is 0. The van der Waals surface area contributed by atoms with Crippen molar-refractivity contribution in [3.05, 3.63) is 71.8 Å².